The maximum Gasteiger partial charge on any atom is 0.325 e. The summed E-state index contributed by atoms with van der Waals surface area (Å²) in [5.74, 6) is -1.46. The predicted octanol–water partition coefficient (Wildman–Crippen LogP) is -0.199. The molecule has 0 amide bonds. The van der Waals surface area contributed by atoms with E-state index in [0.717, 1.165) is 5.06 Å². The lowest BCUT2D eigenvalue weighted by Gasteiger charge is -2.19. The van der Waals surface area contributed by atoms with Crippen LogP contribution in [0.5, 0.6) is 0 Å². The molecule has 0 saturated carbocycles. The van der Waals surface area contributed by atoms with Gasteiger partial charge in [0.1, 0.15) is 6.04 Å². The van der Waals surface area contributed by atoms with Gasteiger partial charge in [-0.3, -0.25) is 9.59 Å². The first kappa shape index (κ1) is 11.9. The van der Waals surface area contributed by atoms with Crippen LogP contribution >= 0.6 is 0 Å². The number of nitrogens with zero attached hydrogens (tertiary/aromatic N) is 1. The molecule has 0 unspecified atom stereocenters. The van der Waals surface area contributed by atoms with Gasteiger partial charge in [-0.1, -0.05) is 0 Å². The highest BCUT2D eigenvalue weighted by atomic mass is 16.5. The first-order chi connectivity index (χ1) is 7.02. The summed E-state index contributed by atoms with van der Waals surface area (Å²) in [5, 5.41) is 10.5. The molecule has 1 N–H and O–H groups in total. The number of esters is 2. The van der Waals surface area contributed by atoms with E-state index < -0.39 is 29.9 Å². The van der Waals surface area contributed by atoms with E-state index in [1.165, 1.54) is 14.2 Å². The molecule has 6 nitrogen and oxygen atoms in total. The first-order valence-electron chi connectivity index (χ1n) is 4.65. The summed E-state index contributed by atoms with van der Waals surface area (Å²) in [7, 11) is 2.52. The van der Waals surface area contributed by atoms with Crippen LogP contribution in [-0.4, -0.2) is 48.5 Å². The minimum atomic E-state index is -0.783. The van der Waals surface area contributed by atoms with Crippen LogP contribution in [0.2, 0.25) is 0 Å². The summed E-state index contributed by atoms with van der Waals surface area (Å²) in [5.41, 5.74) is 0. The summed E-state index contributed by atoms with van der Waals surface area (Å²) >= 11 is 0. The Morgan fingerprint density at radius 2 is 1.80 bits per heavy atom. The van der Waals surface area contributed by atoms with Gasteiger partial charge in [-0.25, -0.2) is 0 Å². The summed E-state index contributed by atoms with van der Waals surface area (Å²) in [6.45, 7) is 1.66. The SMILES string of the molecule is COC(=O)[C@H]1C[C@H](C(=O)OC)N(O)[C@H]1C. The van der Waals surface area contributed by atoms with Crippen molar-refractivity contribution in [3.8, 4) is 0 Å². The normalized spacial score (nSPS) is 31.3. The number of hydroxylamine groups is 2. The van der Waals surface area contributed by atoms with Crippen molar-refractivity contribution >= 4 is 11.9 Å². The van der Waals surface area contributed by atoms with Crippen LogP contribution < -0.4 is 0 Å². The van der Waals surface area contributed by atoms with Gasteiger partial charge in [-0.15, -0.1) is 0 Å². The van der Waals surface area contributed by atoms with Gasteiger partial charge in [-0.2, -0.15) is 5.06 Å². The molecule has 6 heteroatoms. The number of hydrogen-bond donors (Lipinski definition) is 1. The Morgan fingerprint density at radius 1 is 1.27 bits per heavy atom. The maximum absolute atomic E-state index is 11.3. The molecule has 0 aromatic heterocycles. The fourth-order valence-electron chi connectivity index (χ4n) is 1.80. The fourth-order valence-corrected chi connectivity index (χ4v) is 1.80. The van der Waals surface area contributed by atoms with E-state index in [1.807, 2.05) is 0 Å². The van der Waals surface area contributed by atoms with E-state index in [2.05, 4.69) is 9.47 Å². The van der Waals surface area contributed by atoms with Crippen LogP contribution in [0, 0.1) is 5.92 Å². The highest BCUT2D eigenvalue weighted by Crippen LogP contribution is 2.29. The Bertz CT molecular complexity index is 241. The Morgan fingerprint density at radius 3 is 2.27 bits per heavy atom. The minimum Gasteiger partial charge on any atom is -0.469 e. The Hall–Kier alpha value is -1.14. The maximum atomic E-state index is 11.3. The van der Waals surface area contributed by atoms with Gasteiger partial charge in [0.2, 0.25) is 0 Å². The van der Waals surface area contributed by atoms with Gasteiger partial charge in [0.05, 0.1) is 20.1 Å². The first-order valence-corrected chi connectivity index (χ1v) is 4.65. The molecule has 0 radical (unpaired) electrons. The number of hydrogen-bond acceptors (Lipinski definition) is 6. The van der Waals surface area contributed by atoms with Crippen molar-refractivity contribution in [2.24, 2.45) is 5.92 Å². The van der Waals surface area contributed by atoms with E-state index >= 15 is 0 Å². The number of carbonyl (C=O) groups excluding carboxylic acids is 2. The zero-order valence-electron chi connectivity index (χ0n) is 8.97. The van der Waals surface area contributed by atoms with E-state index in [-0.39, 0.29) is 6.42 Å². The number of rotatable bonds is 2. The molecule has 1 aliphatic rings. The standard InChI is InChI=1S/C9H15NO5/c1-5-6(8(11)14-2)4-7(10(5)13)9(12)15-3/h5-7,13H,4H2,1-3H3/t5-,6-,7+/m0/s1. The number of carbonyl (C=O) groups is 2. The number of ether oxygens (including phenoxy) is 2. The second-order valence-corrected chi connectivity index (χ2v) is 3.52. The van der Waals surface area contributed by atoms with Gasteiger partial charge in [0, 0.05) is 6.04 Å². The molecule has 0 bridgehead atoms. The molecule has 0 spiro atoms. The van der Waals surface area contributed by atoms with Crippen LogP contribution in [0.4, 0.5) is 0 Å². The van der Waals surface area contributed by atoms with Crippen LogP contribution in [0.1, 0.15) is 13.3 Å². The topological polar surface area (TPSA) is 76.1 Å². The van der Waals surface area contributed by atoms with Gasteiger partial charge >= 0.3 is 11.9 Å². The van der Waals surface area contributed by atoms with Crippen LogP contribution in [0.25, 0.3) is 0 Å². The average Bonchev–Trinajstić information content (AvgIpc) is 2.54. The molecule has 1 saturated heterocycles. The van der Waals surface area contributed by atoms with Crippen molar-refractivity contribution < 1.29 is 24.3 Å². The monoisotopic (exact) mass is 217 g/mol. The summed E-state index contributed by atoms with van der Waals surface area (Å²) in [6.07, 6.45) is 0.219. The molecule has 1 fully saturated rings. The van der Waals surface area contributed by atoms with E-state index in [4.69, 9.17) is 0 Å². The number of methoxy groups -OCH3 is 2. The van der Waals surface area contributed by atoms with Crippen LogP contribution in [-0.2, 0) is 19.1 Å². The van der Waals surface area contributed by atoms with E-state index in [0.29, 0.717) is 0 Å². The molecule has 86 valence electrons. The van der Waals surface area contributed by atoms with Crippen molar-refractivity contribution in [3.63, 3.8) is 0 Å². The van der Waals surface area contributed by atoms with Gasteiger partial charge < -0.3 is 14.7 Å². The third-order valence-electron chi connectivity index (χ3n) is 2.77. The smallest absolute Gasteiger partial charge is 0.325 e. The Labute approximate surface area is 87.7 Å². The fraction of sp³-hybridized carbons (Fsp3) is 0.778. The summed E-state index contributed by atoms with van der Waals surface area (Å²) < 4.78 is 9.11. The van der Waals surface area contributed by atoms with Crippen molar-refractivity contribution in [1.29, 1.82) is 0 Å². The average molecular weight is 217 g/mol. The second-order valence-electron chi connectivity index (χ2n) is 3.52. The predicted molar refractivity (Wildman–Crippen MR) is 49.0 cm³/mol. The molecular weight excluding hydrogens is 202 g/mol. The van der Waals surface area contributed by atoms with Gasteiger partial charge in [-0.05, 0) is 13.3 Å². The Kier molecular flexibility index (Phi) is 3.65. The minimum absolute atomic E-state index is 0.219. The van der Waals surface area contributed by atoms with Crippen LogP contribution in [0.3, 0.4) is 0 Å². The van der Waals surface area contributed by atoms with Crippen molar-refractivity contribution in [3.05, 3.63) is 0 Å². The van der Waals surface area contributed by atoms with Gasteiger partial charge in [0.25, 0.3) is 0 Å². The molecule has 1 aliphatic heterocycles. The molecule has 15 heavy (non-hydrogen) atoms. The molecule has 3 atom stereocenters. The van der Waals surface area contributed by atoms with Crippen molar-refractivity contribution in [1.82, 2.24) is 5.06 Å². The quantitative estimate of drug-likeness (QED) is 0.645. The van der Waals surface area contributed by atoms with Crippen molar-refractivity contribution in [2.75, 3.05) is 14.2 Å². The highest BCUT2D eigenvalue weighted by molar-refractivity contribution is 5.80. The third kappa shape index (κ3) is 2.10. The lowest BCUT2D eigenvalue weighted by Crippen LogP contribution is -2.38. The summed E-state index contributed by atoms with van der Waals surface area (Å²) in [4.78, 5) is 22.6. The zero-order valence-corrected chi connectivity index (χ0v) is 8.97. The van der Waals surface area contributed by atoms with E-state index in [1.54, 1.807) is 6.92 Å². The van der Waals surface area contributed by atoms with Crippen molar-refractivity contribution in [2.45, 2.75) is 25.4 Å². The molecule has 1 rings (SSSR count). The summed E-state index contributed by atoms with van der Waals surface area (Å²) in [6, 6.07) is -1.23. The lowest BCUT2D eigenvalue weighted by molar-refractivity contribution is -0.174. The van der Waals surface area contributed by atoms with Crippen LogP contribution in [0.15, 0.2) is 0 Å². The molecule has 0 aliphatic carbocycles. The molecule has 1 heterocycles. The second kappa shape index (κ2) is 4.59. The molecule has 0 aromatic rings. The zero-order chi connectivity index (χ0) is 11.6. The van der Waals surface area contributed by atoms with Gasteiger partial charge in [0.15, 0.2) is 0 Å². The molecular formula is C9H15NO5. The largest absolute Gasteiger partial charge is 0.469 e. The Balaban J connectivity index is 2.75. The third-order valence-corrected chi connectivity index (χ3v) is 2.77. The highest BCUT2D eigenvalue weighted by Gasteiger charge is 2.46. The molecule has 0 aromatic carbocycles. The van der Waals surface area contributed by atoms with E-state index in [9.17, 15) is 14.8 Å². The lowest BCUT2D eigenvalue weighted by atomic mass is 10.0.